The van der Waals surface area contributed by atoms with Gasteiger partial charge in [-0.05, 0) is 37.8 Å². The number of hydrogen-bond donors (Lipinski definition) is 2. The van der Waals surface area contributed by atoms with Crippen molar-refractivity contribution in [3.8, 4) is 0 Å². The summed E-state index contributed by atoms with van der Waals surface area (Å²) in [5.41, 5.74) is 1.07. The molecule has 0 bridgehead atoms. The zero-order valence-corrected chi connectivity index (χ0v) is 11.0. The fourth-order valence-corrected chi connectivity index (χ4v) is 2.79. The second-order valence-corrected chi connectivity index (χ2v) is 5.09. The number of aliphatic carboxylic acids is 1. The Morgan fingerprint density at radius 2 is 2.00 bits per heavy atom. The fourth-order valence-electron chi connectivity index (χ4n) is 2.79. The topological polar surface area (TPSA) is 60.8 Å². The molecule has 0 saturated heterocycles. The Balaban J connectivity index is 2.07. The van der Waals surface area contributed by atoms with Crippen molar-refractivity contribution in [1.82, 2.24) is 0 Å². The summed E-state index contributed by atoms with van der Waals surface area (Å²) < 4.78 is 0. The summed E-state index contributed by atoms with van der Waals surface area (Å²) in [6.45, 7) is 0.679. The average molecular weight is 263 g/mol. The van der Waals surface area contributed by atoms with E-state index >= 15 is 0 Å². The Labute approximate surface area is 113 Å². The molecule has 104 valence electrons. The summed E-state index contributed by atoms with van der Waals surface area (Å²) >= 11 is 0. The predicted molar refractivity (Wildman–Crippen MR) is 74.3 cm³/mol. The van der Waals surface area contributed by atoms with Crippen LogP contribution in [0.15, 0.2) is 30.3 Å². The predicted octanol–water partition coefficient (Wildman–Crippen LogP) is 2.27. The second-order valence-electron chi connectivity index (χ2n) is 5.09. The zero-order valence-electron chi connectivity index (χ0n) is 11.0. The van der Waals surface area contributed by atoms with Gasteiger partial charge in [-0.2, -0.15) is 0 Å². The molecule has 1 saturated carbocycles. The highest BCUT2D eigenvalue weighted by Crippen LogP contribution is 2.28. The van der Waals surface area contributed by atoms with Crippen LogP contribution in [-0.4, -0.2) is 34.9 Å². The maximum atomic E-state index is 10.6. The molecule has 2 unspecified atom stereocenters. The van der Waals surface area contributed by atoms with E-state index in [0.29, 0.717) is 13.0 Å². The van der Waals surface area contributed by atoms with E-state index < -0.39 is 5.97 Å². The van der Waals surface area contributed by atoms with Crippen LogP contribution in [0, 0.1) is 0 Å². The molecule has 1 aliphatic rings. The molecular formula is C15H21NO3. The van der Waals surface area contributed by atoms with Crippen LogP contribution in [0.1, 0.15) is 32.1 Å². The molecule has 4 heteroatoms. The van der Waals surface area contributed by atoms with Gasteiger partial charge < -0.3 is 15.1 Å². The molecule has 4 nitrogen and oxygen atoms in total. The molecule has 0 spiro atoms. The van der Waals surface area contributed by atoms with E-state index in [9.17, 15) is 9.90 Å². The maximum absolute atomic E-state index is 10.6. The van der Waals surface area contributed by atoms with Crippen LogP contribution in [0.3, 0.4) is 0 Å². The molecule has 0 radical (unpaired) electrons. The SMILES string of the molecule is O=C(O)CCCN(c1ccccc1)C1CCCC1O. The highest BCUT2D eigenvalue weighted by Gasteiger charge is 2.30. The molecule has 0 aliphatic heterocycles. The second kappa shape index (κ2) is 6.57. The molecule has 1 aromatic rings. The molecule has 2 rings (SSSR count). The van der Waals surface area contributed by atoms with Crippen LogP contribution >= 0.6 is 0 Å². The van der Waals surface area contributed by atoms with E-state index in [1.807, 2.05) is 30.3 Å². The number of aliphatic hydroxyl groups is 1. The van der Waals surface area contributed by atoms with Gasteiger partial charge >= 0.3 is 5.97 Å². The van der Waals surface area contributed by atoms with Gasteiger partial charge in [0.2, 0.25) is 0 Å². The van der Waals surface area contributed by atoms with Crippen molar-refractivity contribution >= 4 is 11.7 Å². The summed E-state index contributed by atoms with van der Waals surface area (Å²) in [5.74, 6) is -0.764. The van der Waals surface area contributed by atoms with Crippen molar-refractivity contribution in [2.24, 2.45) is 0 Å². The molecule has 0 aromatic heterocycles. The third-order valence-corrected chi connectivity index (χ3v) is 3.72. The molecule has 1 fully saturated rings. The van der Waals surface area contributed by atoms with Gasteiger partial charge in [0.25, 0.3) is 0 Å². The Bertz CT molecular complexity index is 407. The minimum atomic E-state index is -0.764. The fraction of sp³-hybridized carbons (Fsp3) is 0.533. The van der Waals surface area contributed by atoms with Gasteiger partial charge in [-0.3, -0.25) is 4.79 Å². The molecule has 1 aromatic carbocycles. The minimum absolute atomic E-state index is 0.121. The number of nitrogens with zero attached hydrogens (tertiary/aromatic N) is 1. The first-order valence-electron chi connectivity index (χ1n) is 6.90. The lowest BCUT2D eigenvalue weighted by Gasteiger charge is -2.33. The van der Waals surface area contributed by atoms with Gasteiger partial charge in [-0.25, -0.2) is 0 Å². The monoisotopic (exact) mass is 263 g/mol. The third-order valence-electron chi connectivity index (χ3n) is 3.72. The van der Waals surface area contributed by atoms with Crippen molar-refractivity contribution in [3.63, 3.8) is 0 Å². The lowest BCUT2D eigenvalue weighted by atomic mass is 10.1. The number of carboxylic acid groups (broad SMARTS) is 1. The number of carbonyl (C=O) groups is 1. The van der Waals surface area contributed by atoms with Crippen molar-refractivity contribution in [2.45, 2.75) is 44.2 Å². The number of anilines is 1. The average Bonchev–Trinajstić information content (AvgIpc) is 2.82. The summed E-state index contributed by atoms with van der Waals surface area (Å²) in [4.78, 5) is 12.8. The first-order chi connectivity index (χ1) is 9.18. The molecule has 1 aliphatic carbocycles. The number of hydrogen-bond acceptors (Lipinski definition) is 3. The summed E-state index contributed by atoms with van der Waals surface area (Å²) in [6.07, 6.45) is 3.33. The van der Waals surface area contributed by atoms with Gasteiger partial charge in [0.05, 0.1) is 12.1 Å². The van der Waals surface area contributed by atoms with E-state index in [1.165, 1.54) is 0 Å². The standard InChI is InChI=1S/C15H21NO3/c17-14-9-4-8-13(14)16(11-5-10-15(18)19)12-6-2-1-3-7-12/h1-3,6-7,13-14,17H,4-5,8-11H2,(H,18,19). The van der Waals surface area contributed by atoms with Gasteiger partial charge in [0, 0.05) is 18.7 Å². The van der Waals surface area contributed by atoms with E-state index in [1.54, 1.807) is 0 Å². The van der Waals surface area contributed by atoms with Crippen LogP contribution in [0.2, 0.25) is 0 Å². The van der Waals surface area contributed by atoms with E-state index in [4.69, 9.17) is 5.11 Å². The van der Waals surface area contributed by atoms with Crippen molar-refractivity contribution in [1.29, 1.82) is 0 Å². The van der Waals surface area contributed by atoms with Crippen LogP contribution in [0.25, 0.3) is 0 Å². The molecule has 19 heavy (non-hydrogen) atoms. The van der Waals surface area contributed by atoms with Crippen LogP contribution < -0.4 is 4.90 Å². The third kappa shape index (κ3) is 3.70. The summed E-state index contributed by atoms with van der Waals surface area (Å²) in [5, 5.41) is 18.8. The summed E-state index contributed by atoms with van der Waals surface area (Å²) in [7, 11) is 0. The number of rotatable bonds is 6. The molecule has 0 heterocycles. The highest BCUT2D eigenvalue weighted by molar-refractivity contribution is 5.66. The van der Waals surface area contributed by atoms with Crippen molar-refractivity contribution < 1.29 is 15.0 Å². The van der Waals surface area contributed by atoms with E-state index in [2.05, 4.69) is 4.90 Å². The quantitative estimate of drug-likeness (QED) is 0.826. The number of aliphatic hydroxyl groups excluding tert-OH is 1. The number of benzene rings is 1. The Kier molecular flexibility index (Phi) is 4.80. The minimum Gasteiger partial charge on any atom is -0.481 e. The van der Waals surface area contributed by atoms with Gasteiger partial charge in [0.1, 0.15) is 0 Å². The number of para-hydroxylation sites is 1. The van der Waals surface area contributed by atoms with Crippen molar-refractivity contribution in [2.75, 3.05) is 11.4 Å². The molecular weight excluding hydrogens is 242 g/mol. The lowest BCUT2D eigenvalue weighted by molar-refractivity contribution is -0.137. The highest BCUT2D eigenvalue weighted by atomic mass is 16.4. The Morgan fingerprint density at radius 3 is 2.58 bits per heavy atom. The van der Waals surface area contributed by atoms with Crippen LogP contribution in [-0.2, 0) is 4.79 Å². The Hall–Kier alpha value is -1.55. The van der Waals surface area contributed by atoms with Gasteiger partial charge in [-0.15, -0.1) is 0 Å². The Morgan fingerprint density at radius 1 is 1.26 bits per heavy atom. The molecule has 0 amide bonds. The van der Waals surface area contributed by atoms with Gasteiger partial charge in [0.15, 0.2) is 0 Å². The smallest absolute Gasteiger partial charge is 0.303 e. The van der Waals surface area contributed by atoms with Crippen molar-refractivity contribution in [3.05, 3.63) is 30.3 Å². The maximum Gasteiger partial charge on any atom is 0.303 e. The van der Waals surface area contributed by atoms with Crippen LogP contribution in [0.4, 0.5) is 5.69 Å². The normalized spacial score (nSPS) is 22.4. The largest absolute Gasteiger partial charge is 0.481 e. The van der Waals surface area contributed by atoms with Crippen LogP contribution in [0.5, 0.6) is 0 Å². The van der Waals surface area contributed by atoms with E-state index in [-0.39, 0.29) is 18.6 Å². The number of carboxylic acids is 1. The summed E-state index contributed by atoms with van der Waals surface area (Å²) in [6, 6.07) is 10.1. The molecule has 2 atom stereocenters. The van der Waals surface area contributed by atoms with Gasteiger partial charge in [-0.1, -0.05) is 18.2 Å². The first-order valence-corrected chi connectivity index (χ1v) is 6.90. The first kappa shape index (κ1) is 13.9. The van der Waals surface area contributed by atoms with E-state index in [0.717, 1.165) is 24.9 Å². The lowest BCUT2D eigenvalue weighted by Crippen LogP contribution is -2.41. The molecule has 2 N–H and O–H groups in total. The zero-order chi connectivity index (χ0) is 13.7.